The molecule has 0 aliphatic rings. The Morgan fingerprint density at radius 3 is 2.24 bits per heavy atom. The maximum atomic E-state index is 11.6. The minimum atomic E-state index is -0.288. The fourth-order valence-electron chi connectivity index (χ4n) is 1.43. The summed E-state index contributed by atoms with van der Waals surface area (Å²) in [6.45, 7) is 2.21. The zero-order valence-electron chi connectivity index (χ0n) is 9.38. The van der Waals surface area contributed by atoms with Gasteiger partial charge in [-0.1, -0.05) is 12.1 Å². The Morgan fingerprint density at radius 2 is 1.82 bits per heavy atom. The Labute approximate surface area is 108 Å². The minimum Gasteiger partial charge on any atom is -0.463 e. The van der Waals surface area contributed by atoms with E-state index < -0.39 is 0 Å². The molecule has 2 aromatic heterocycles. The number of carbonyl (C=O) groups excluding carboxylic acids is 1. The van der Waals surface area contributed by atoms with E-state index in [-0.39, 0.29) is 5.97 Å². The zero-order chi connectivity index (χ0) is 12.1. The second-order valence-electron chi connectivity index (χ2n) is 3.26. The fraction of sp³-hybridized carbons (Fsp3) is 0.154. The molecule has 0 saturated heterocycles. The quantitative estimate of drug-likeness (QED) is 0.620. The molecule has 0 N–H and O–H groups in total. The average Bonchev–Trinajstić information content (AvgIpc) is 3.00. The lowest BCUT2D eigenvalue weighted by Crippen LogP contribution is -2.00. The van der Waals surface area contributed by atoms with Gasteiger partial charge in [0.05, 0.1) is 6.61 Å². The predicted octanol–water partition coefficient (Wildman–Crippen LogP) is 3.80. The van der Waals surface area contributed by atoms with Crippen molar-refractivity contribution >= 4 is 34.2 Å². The van der Waals surface area contributed by atoms with Crippen molar-refractivity contribution in [3.8, 4) is 0 Å². The van der Waals surface area contributed by atoms with Crippen LogP contribution in [0.3, 0.4) is 0 Å². The van der Waals surface area contributed by atoms with Gasteiger partial charge in [-0.25, -0.2) is 4.79 Å². The van der Waals surface area contributed by atoms with Crippen LogP contribution in [0.25, 0.3) is 5.57 Å². The Bertz CT molecular complexity index is 459. The highest BCUT2D eigenvalue weighted by Gasteiger charge is 2.10. The van der Waals surface area contributed by atoms with Gasteiger partial charge in [-0.3, -0.25) is 0 Å². The zero-order valence-corrected chi connectivity index (χ0v) is 11.0. The van der Waals surface area contributed by atoms with Crippen LogP contribution in [0.5, 0.6) is 0 Å². The molecule has 2 nitrogen and oxygen atoms in total. The van der Waals surface area contributed by atoms with Gasteiger partial charge in [-0.05, 0) is 29.8 Å². The molecule has 0 saturated carbocycles. The number of hydrogen-bond donors (Lipinski definition) is 0. The van der Waals surface area contributed by atoms with Crippen molar-refractivity contribution in [2.75, 3.05) is 6.61 Å². The number of ether oxygens (including phenoxy) is 1. The molecule has 0 fully saturated rings. The van der Waals surface area contributed by atoms with Crippen LogP contribution in [-0.4, -0.2) is 12.6 Å². The van der Waals surface area contributed by atoms with Crippen LogP contribution in [0.4, 0.5) is 0 Å². The minimum absolute atomic E-state index is 0.288. The molecule has 2 heterocycles. The van der Waals surface area contributed by atoms with E-state index in [1.54, 1.807) is 28.7 Å². The molecule has 4 heteroatoms. The first-order valence-corrected chi connectivity index (χ1v) is 7.03. The third kappa shape index (κ3) is 3.05. The predicted molar refractivity (Wildman–Crippen MR) is 72.4 cm³/mol. The molecular weight excluding hydrogens is 252 g/mol. The summed E-state index contributed by atoms with van der Waals surface area (Å²) >= 11 is 3.24. The molecule has 2 aromatic rings. The summed E-state index contributed by atoms with van der Waals surface area (Å²) in [6.07, 6.45) is 1.57. The third-order valence-corrected chi connectivity index (χ3v) is 3.93. The summed E-state index contributed by atoms with van der Waals surface area (Å²) < 4.78 is 4.96. The molecule has 0 aromatic carbocycles. The first-order valence-electron chi connectivity index (χ1n) is 5.27. The van der Waals surface area contributed by atoms with Gasteiger partial charge in [-0.2, -0.15) is 0 Å². The van der Waals surface area contributed by atoms with Crippen LogP contribution >= 0.6 is 22.7 Å². The molecule has 0 radical (unpaired) electrons. The third-order valence-electron chi connectivity index (χ3n) is 2.12. The highest BCUT2D eigenvalue weighted by molar-refractivity contribution is 7.13. The molecule has 0 spiro atoms. The maximum absolute atomic E-state index is 11.6. The normalized spacial score (nSPS) is 9.94. The van der Waals surface area contributed by atoms with Gasteiger partial charge in [0.2, 0.25) is 0 Å². The van der Waals surface area contributed by atoms with Crippen molar-refractivity contribution in [3.63, 3.8) is 0 Å². The molecule has 0 amide bonds. The highest BCUT2D eigenvalue weighted by atomic mass is 32.1. The van der Waals surface area contributed by atoms with Crippen LogP contribution < -0.4 is 0 Å². The Balaban J connectivity index is 2.35. The number of rotatable bonds is 4. The first kappa shape index (κ1) is 12.1. The summed E-state index contributed by atoms with van der Waals surface area (Å²) in [7, 11) is 0. The Morgan fingerprint density at radius 1 is 1.24 bits per heavy atom. The van der Waals surface area contributed by atoms with E-state index in [0.717, 1.165) is 15.3 Å². The van der Waals surface area contributed by atoms with E-state index in [1.165, 1.54) is 0 Å². The lowest BCUT2D eigenvalue weighted by atomic mass is 10.1. The van der Waals surface area contributed by atoms with Crippen molar-refractivity contribution in [1.29, 1.82) is 0 Å². The molecular formula is C13H12O2S2. The molecule has 17 heavy (non-hydrogen) atoms. The molecule has 0 aliphatic heterocycles. The fourth-order valence-corrected chi connectivity index (χ4v) is 3.01. The second kappa shape index (κ2) is 5.80. The lowest BCUT2D eigenvalue weighted by Gasteiger charge is -2.02. The highest BCUT2D eigenvalue weighted by Crippen LogP contribution is 2.30. The first-order chi connectivity index (χ1) is 8.31. The van der Waals surface area contributed by atoms with Crippen molar-refractivity contribution in [2.45, 2.75) is 6.92 Å². The molecule has 88 valence electrons. The van der Waals surface area contributed by atoms with E-state index in [2.05, 4.69) is 0 Å². The standard InChI is InChI=1S/C13H12O2S2/c1-2-15-13(14)9-10(11-5-3-7-16-11)12-6-4-8-17-12/h3-9H,2H2,1H3. The van der Waals surface area contributed by atoms with Gasteiger partial charge >= 0.3 is 5.97 Å². The smallest absolute Gasteiger partial charge is 0.331 e. The second-order valence-corrected chi connectivity index (χ2v) is 5.16. The van der Waals surface area contributed by atoms with Crippen molar-refractivity contribution in [3.05, 3.63) is 50.9 Å². The Kier molecular flexibility index (Phi) is 4.12. The molecule has 0 unspecified atom stereocenters. The maximum Gasteiger partial charge on any atom is 0.331 e. The largest absolute Gasteiger partial charge is 0.463 e. The van der Waals surface area contributed by atoms with Crippen LogP contribution in [0.2, 0.25) is 0 Å². The van der Waals surface area contributed by atoms with Crippen molar-refractivity contribution < 1.29 is 9.53 Å². The topological polar surface area (TPSA) is 26.3 Å². The Hall–Kier alpha value is -1.39. The van der Waals surface area contributed by atoms with Crippen LogP contribution in [-0.2, 0) is 9.53 Å². The number of thiophene rings is 2. The van der Waals surface area contributed by atoms with Crippen molar-refractivity contribution in [1.82, 2.24) is 0 Å². The summed E-state index contributed by atoms with van der Waals surface area (Å²) in [5, 5.41) is 4.00. The van der Waals surface area contributed by atoms with E-state index >= 15 is 0 Å². The van der Waals surface area contributed by atoms with Gasteiger partial charge in [0.15, 0.2) is 0 Å². The van der Waals surface area contributed by atoms with E-state index in [0.29, 0.717) is 6.61 Å². The molecule has 2 rings (SSSR count). The molecule has 0 bridgehead atoms. The SMILES string of the molecule is CCOC(=O)C=C(c1cccs1)c1cccs1. The number of esters is 1. The van der Waals surface area contributed by atoms with Gasteiger partial charge < -0.3 is 4.74 Å². The van der Waals surface area contributed by atoms with Crippen LogP contribution in [0.1, 0.15) is 16.7 Å². The molecule has 0 aliphatic carbocycles. The summed E-state index contributed by atoms with van der Waals surface area (Å²) in [6, 6.07) is 7.98. The van der Waals surface area contributed by atoms with E-state index in [1.807, 2.05) is 41.9 Å². The van der Waals surface area contributed by atoms with Crippen LogP contribution in [0, 0.1) is 0 Å². The lowest BCUT2D eigenvalue weighted by molar-refractivity contribution is -0.137. The summed E-state index contributed by atoms with van der Waals surface area (Å²) in [4.78, 5) is 13.7. The summed E-state index contributed by atoms with van der Waals surface area (Å²) in [5.41, 5.74) is 0.938. The average molecular weight is 264 g/mol. The number of carbonyl (C=O) groups is 1. The number of hydrogen-bond acceptors (Lipinski definition) is 4. The summed E-state index contributed by atoms with van der Waals surface area (Å²) in [5.74, 6) is -0.288. The molecule has 0 atom stereocenters. The van der Waals surface area contributed by atoms with Crippen molar-refractivity contribution in [2.24, 2.45) is 0 Å². The van der Waals surface area contributed by atoms with Crippen LogP contribution in [0.15, 0.2) is 41.1 Å². The van der Waals surface area contributed by atoms with E-state index in [9.17, 15) is 4.79 Å². The van der Waals surface area contributed by atoms with Gasteiger partial charge in [0, 0.05) is 21.4 Å². The monoisotopic (exact) mass is 264 g/mol. The van der Waals surface area contributed by atoms with Gasteiger partial charge in [-0.15, -0.1) is 22.7 Å². The van der Waals surface area contributed by atoms with Gasteiger partial charge in [0.25, 0.3) is 0 Å². The van der Waals surface area contributed by atoms with Gasteiger partial charge in [0.1, 0.15) is 0 Å². The van der Waals surface area contributed by atoms with E-state index in [4.69, 9.17) is 4.74 Å².